The summed E-state index contributed by atoms with van der Waals surface area (Å²) >= 11 is 0. The SMILES string of the molecule is Cc1ccc(-n2[nH]c(C)c(CC(=O)O)c2=O)cc1C. The third kappa shape index (κ3) is 2.45. The van der Waals surface area contributed by atoms with Gasteiger partial charge < -0.3 is 5.11 Å². The summed E-state index contributed by atoms with van der Waals surface area (Å²) in [6, 6.07) is 5.67. The van der Waals surface area contributed by atoms with Crippen LogP contribution in [0.4, 0.5) is 0 Å². The summed E-state index contributed by atoms with van der Waals surface area (Å²) in [5.74, 6) is -1.01. The van der Waals surface area contributed by atoms with Gasteiger partial charge in [0.25, 0.3) is 5.56 Å². The molecule has 1 aromatic carbocycles. The molecule has 1 aromatic heterocycles. The van der Waals surface area contributed by atoms with Crippen LogP contribution in [0.3, 0.4) is 0 Å². The predicted molar refractivity (Wildman–Crippen MR) is 71.9 cm³/mol. The fraction of sp³-hybridized carbons (Fsp3) is 0.286. The van der Waals surface area contributed by atoms with Crippen LogP contribution in [-0.4, -0.2) is 20.9 Å². The van der Waals surface area contributed by atoms with Gasteiger partial charge in [-0.25, -0.2) is 4.68 Å². The number of nitrogens with zero attached hydrogens (tertiary/aromatic N) is 1. The van der Waals surface area contributed by atoms with Crippen LogP contribution in [0.15, 0.2) is 23.0 Å². The zero-order chi connectivity index (χ0) is 14.2. The molecule has 5 nitrogen and oxygen atoms in total. The molecule has 0 aliphatic carbocycles. The molecule has 0 unspecified atom stereocenters. The van der Waals surface area contributed by atoms with E-state index >= 15 is 0 Å². The normalized spacial score (nSPS) is 10.7. The lowest BCUT2D eigenvalue weighted by Gasteiger charge is -2.05. The van der Waals surface area contributed by atoms with Crippen molar-refractivity contribution in [3.8, 4) is 5.69 Å². The number of carboxylic acid groups (broad SMARTS) is 1. The van der Waals surface area contributed by atoms with Crippen molar-refractivity contribution in [1.29, 1.82) is 0 Å². The summed E-state index contributed by atoms with van der Waals surface area (Å²) in [7, 11) is 0. The summed E-state index contributed by atoms with van der Waals surface area (Å²) in [5.41, 5.74) is 3.52. The first-order chi connectivity index (χ1) is 8.90. The maximum absolute atomic E-state index is 12.2. The number of aromatic nitrogens is 2. The summed E-state index contributed by atoms with van der Waals surface area (Å²) in [6.07, 6.45) is -0.265. The molecule has 19 heavy (non-hydrogen) atoms. The van der Waals surface area contributed by atoms with E-state index in [1.807, 2.05) is 32.0 Å². The second-order valence-electron chi connectivity index (χ2n) is 4.69. The van der Waals surface area contributed by atoms with Crippen LogP contribution in [0.5, 0.6) is 0 Å². The second kappa shape index (κ2) is 4.76. The zero-order valence-corrected chi connectivity index (χ0v) is 11.2. The average Bonchev–Trinajstić information content (AvgIpc) is 2.60. The van der Waals surface area contributed by atoms with Gasteiger partial charge in [0, 0.05) is 5.69 Å². The minimum Gasteiger partial charge on any atom is -0.481 e. The Hall–Kier alpha value is -2.30. The van der Waals surface area contributed by atoms with Crippen molar-refractivity contribution in [2.24, 2.45) is 0 Å². The Bertz CT molecular complexity index is 695. The van der Waals surface area contributed by atoms with E-state index in [0.29, 0.717) is 16.9 Å². The van der Waals surface area contributed by atoms with Gasteiger partial charge in [-0.15, -0.1) is 0 Å². The van der Waals surface area contributed by atoms with Crippen LogP contribution < -0.4 is 5.56 Å². The summed E-state index contributed by atoms with van der Waals surface area (Å²) in [6.45, 7) is 5.67. The van der Waals surface area contributed by atoms with E-state index in [2.05, 4.69) is 5.10 Å². The molecule has 0 aliphatic rings. The third-order valence-corrected chi connectivity index (χ3v) is 3.27. The molecule has 0 bridgehead atoms. The Morgan fingerprint density at radius 2 is 1.95 bits per heavy atom. The van der Waals surface area contributed by atoms with Crippen molar-refractivity contribution in [2.75, 3.05) is 0 Å². The number of hydrogen-bond acceptors (Lipinski definition) is 2. The molecule has 2 N–H and O–H groups in total. The number of carbonyl (C=O) groups is 1. The first-order valence-electron chi connectivity index (χ1n) is 6.00. The first kappa shape index (κ1) is 13.1. The van der Waals surface area contributed by atoms with Crippen LogP contribution in [0, 0.1) is 20.8 Å². The van der Waals surface area contributed by atoms with Gasteiger partial charge in [-0.1, -0.05) is 6.07 Å². The highest BCUT2D eigenvalue weighted by atomic mass is 16.4. The molecule has 5 heteroatoms. The number of carboxylic acids is 1. The minimum absolute atomic E-state index is 0.265. The lowest BCUT2D eigenvalue weighted by molar-refractivity contribution is -0.136. The molecule has 1 heterocycles. The minimum atomic E-state index is -1.01. The fourth-order valence-electron chi connectivity index (χ4n) is 1.99. The number of H-pyrrole nitrogens is 1. The van der Waals surface area contributed by atoms with Gasteiger partial charge in [0.2, 0.25) is 0 Å². The van der Waals surface area contributed by atoms with Crippen molar-refractivity contribution in [1.82, 2.24) is 9.78 Å². The van der Waals surface area contributed by atoms with E-state index in [4.69, 9.17) is 5.11 Å². The summed E-state index contributed by atoms with van der Waals surface area (Å²) in [4.78, 5) is 22.9. The first-order valence-corrected chi connectivity index (χ1v) is 6.00. The Labute approximate surface area is 110 Å². The van der Waals surface area contributed by atoms with Gasteiger partial charge in [-0.05, 0) is 44.0 Å². The molecule has 0 aliphatic heterocycles. The zero-order valence-electron chi connectivity index (χ0n) is 11.2. The molecule has 0 fully saturated rings. The Kier molecular flexibility index (Phi) is 3.29. The Morgan fingerprint density at radius 3 is 2.53 bits per heavy atom. The molecular weight excluding hydrogens is 244 g/mol. The third-order valence-electron chi connectivity index (χ3n) is 3.27. The number of aryl methyl sites for hydroxylation is 3. The smallest absolute Gasteiger partial charge is 0.308 e. The summed E-state index contributed by atoms with van der Waals surface area (Å²) < 4.78 is 1.39. The molecule has 0 saturated heterocycles. The van der Waals surface area contributed by atoms with E-state index < -0.39 is 5.97 Å². The van der Waals surface area contributed by atoms with E-state index in [-0.39, 0.29) is 12.0 Å². The highest BCUT2D eigenvalue weighted by Gasteiger charge is 2.15. The number of aromatic amines is 1. The Morgan fingerprint density at radius 1 is 1.26 bits per heavy atom. The van der Waals surface area contributed by atoms with Crippen molar-refractivity contribution in [3.05, 3.63) is 50.9 Å². The van der Waals surface area contributed by atoms with E-state index in [0.717, 1.165) is 11.1 Å². The van der Waals surface area contributed by atoms with Gasteiger partial charge in [0.1, 0.15) is 0 Å². The highest BCUT2D eigenvalue weighted by Crippen LogP contribution is 2.13. The van der Waals surface area contributed by atoms with E-state index in [1.54, 1.807) is 6.92 Å². The van der Waals surface area contributed by atoms with Crippen molar-refractivity contribution in [2.45, 2.75) is 27.2 Å². The Balaban J connectivity index is 2.54. The van der Waals surface area contributed by atoms with Crippen LogP contribution in [0.1, 0.15) is 22.4 Å². The van der Waals surface area contributed by atoms with Gasteiger partial charge in [0.05, 0.1) is 17.7 Å². The molecule has 2 aromatic rings. The average molecular weight is 260 g/mol. The molecule has 0 radical (unpaired) electrons. The van der Waals surface area contributed by atoms with E-state index in [1.165, 1.54) is 4.68 Å². The quantitative estimate of drug-likeness (QED) is 0.882. The maximum atomic E-state index is 12.2. The number of nitrogens with one attached hydrogen (secondary N) is 1. The highest BCUT2D eigenvalue weighted by molar-refractivity contribution is 5.70. The predicted octanol–water partition coefficient (Wildman–Crippen LogP) is 1.72. The van der Waals surface area contributed by atoms with Crippen LogP contribution in [0.25, 0.3) is 5.69 Å². The van der Waals surface area contributed by atoms with Gasteiger partial charge in [-0.2, -0.15) is 0 Å². The number of rotatable bonds is 3. The van der Waals surface area contributed by atoms with Crippen LogP contribution in [-0.2, 0) is 11.2 Å². The largest absolute Gasteiger partial charge is 0.481 e. The van der Waals surface area contributed by atoms with Crippen molar-refractivity contribution in [3.63, 3.8) is 0 Å². The fourth-order valence-corrected chi connectivity index (χ4v) is 1.99. The topological polar surface area (TPSA) is 75.1 Å². The number of hydrogen-bond donors (Lipinski definition) is 2. The molecule has 2 rings (SSSR count). The second-order valence-corrected chi connectivity index (χ2v) is 4.69. The lowest BCUT2D eigenvalue weighted by Crippen LogP contribution is -2.19. The summed E-state index contributed by atoms with van der Waals surface area (Å²) in [5, 5.41) is 11.7. The standard InChI is InChI=1S/C14H16N2O3/c1-8-4-5-11(6-9(8)2)16-14(19)12(7-13(17)18)10(3)15-16/h4-6,15H,7H2,1-3H3,(H,17,18). The lowest BCUT2D eigenvalue weighted by atomic mass is 10.1. The van der Waals surface area contributed by atoms with Crippen LogP contribution in [0.2, 0.25) is 0 Å². The number of benzene rings is 1. The molecule has 100 valence electrons. The van der Waals surface area contributed by atoms with Crippen LogP contribution >= 0.6 is 0 Å². The number of aliphatic carboxylic acids is 1. The van der Waals surface area contributed by atoms with Crippen molar-refractivity contribution >= 4 is 5.97 Å². The van der Waals surface area contributed by atoms with Crippen molar-refractivity contribution < 1.29 is 9.90 Å². The molecule has 0 spiro atoms. The monoisotopic (exact) mass is 260 g/mol. The molecule has 0 amide bonds. The van der Waals surface area contributed by atoms with Gasteiger partial charge in [-0.3, -0.25) is 14.7 Å². The maximum Gasteiger partial charge on any atom is 0.308 e. The van der Waals surface area contributed by atoms with Gasteiger partial charge >= 0.3 is 5.97 Å². The molecular formula is C14H16N2O3. The van der Waals surface area contributed by atoms with E-state index in [9.17, 15) is 9.59 Å². The molecule has 0 atom stereocenters. The van der Waals surface area contributed by atoms with Gasteiger partial charge in [0.15, 0.2) is 0 Å². The molecule has 0 saturated carbocycles.